The van der Waals surface area contributed by atoms with Crippen LogP contribution in [0.3, 0.4) is 0 Å². The number of furan rings is 1. The maximum absolute atomic E-state index is 12.8. The average Bonchev–Trinajstić information content (AvgIpc) is 3.12. The molecule has 0 aliphatic carbocycles. The number of amides is 1. The predicted molar refractivity (Wildman–Crippen MR) is 94.4 cm³/mol. The number of carbonyl (C=O) groups excluding carboxylic acids is 1. The molecule has 26 heavy (non-hydrogen) atoms. The predicted octanol–water partition coefficient (Wildman–Crippen LogP) is 2.92. The zero-order chi connectivity index (χ0) is 17.9. The van der Waals surface area contributed by atoms with Crippen LogP contribution in [0, 0.1) is 0 Å². The zero-order valence-electron chi connectivity index (χ0n) is 14.4. The minimum absolute atomic E-state index is 0.124. The van der Waals surface area contributed by atoms with Gasteiger partial charge in [0.25, 0.3) is 17.7 Å². The van der Waals surface area contributed by atoms with Gasteiger partial charge in [-0.25, -0.2) is 9.97 Å². The first kappa shape index (κ1) is 16.4. The quantitative estimate of drug-likeness (QED) is 0.718. The number of likely N-dealkylation sites (tertiary alicyclic amines) is 1. The molecule has 2 aromatic heterocycles. The molecule has 1 saturated heterocycles. The lowest BCUT2D eigenvalue weighted by Gasteiger charge is -2.32. The highest BCUT2D eigenvalue weighted by molar-refractivity contribution is 5.96. The molecule has 1 aromatic carbocycles. The maximum Gasteiger partial charge on any atom is 0.289 e. The number of para-hydroxylation sites is 1. The van der Waals surface area contributed by atoms with Gasteiger partial charge in [0.2, 0.25) is 0 Å². The molecule has 3 heterocycles. The van der Waals surface area contributed by atoms with Gasteiger partial charge >= 0.3 is 0 Å². The molecule has 1 fully saturated rings. The van der Waals surface area contributed by atoms with Crippen molar-refractivity contribution in [3.8, 4) is 11.8 Å². The number of fused-ring (bicyclic) bond motifs is 1. The number of methoxy groups -OCH3 is 1. The monoisotopic (exact) mass is 353 g/mol. The van der Waals surface area contributed by atoms with Crippen molar-refractivity contribution in [2.75, 3.05) is 20.2 Å². The van der Waals surface area contributed by atoms with Crippen molar-refractivity contribution in [2.45, 2.75) is 18.9 Å². The summed E-state index contributed by atoms with van der Waals surface area (Å²) in [5.74, 6) is 0.913. The fraction of sp³-hybridized carbons (Fsp3) is 0.316. The molecular weight excluding hydrogens is 334 g/mol. The van der Waals surface area contributed by atoms with E-state index in [0.29, 0.717) is 36.2 Å². The van der Waals surface area contributed by atoms with Crippen molar-refractivity contribution < 1.29 is 18.7 Å². The van der Waals surface area contributed by atoms with Crippen LogP contribution in [0.4, 0.5) is 0 Å². The van der Waals surface area contributed by atoms with Gasteiger partial charge in [-0.05, 0) is 25.0 Å². The van der Waals surface area contributed by atoms with E-state index in [0.717, 1.165) is 18.2 Å². The van der Waals surface area contributed by atoms with Gasteiger partial charge in [0, 0.05) is 24.3 Å². The Balaban J connectivity index is 1.48. The Morgan fingerprint density at radius 2 is 2.04 bits per heavy atom. The molecule has 3 aromatic rings. The van der Waals surface area contributed by atoms with E-state index in [-0.39, 0.29) is 12.0 Å². The smallest absolute Gasteiger partial charge is 0.289 e. The molecule has 0 spiro atoms. The third kappa shape index (κ3) is 3.20. The van der Waals surface area contributed by atoms with E-state index in [1.54, 1.807) is 23.4 Å². The van der Waals surface area contributed by atoms with Crippen LogP contribution in [0.25, 0.3) is 11.0 Å². The molecule has 0 bridgehead atoms. The molecule has 1 aliphatic rings. The van der Waals surface area contributed by atoms with Gasteiger partial charge in [-0.3, -0.25) is 4.79 Å². The van der Waals surface area contributed by atoms with Gasteiger partial charge in [0.05, 0.1) is 13.7 Å². The molecule has 4 rings (SSSR count). The van der Waals surface area contributed by atoms with E-state index in [9.17, 15) is 4.79 Å². The Kier molecular flexibility index (Phi) is 4.43. The van der Waals surface area contributed by atoms with E-state index >= 15 is 0 Å². The topological polar surface area (TPSA) is 77.7 Å². The van der Waals surface area contributed by atoms with Crippen molar-refractivity contribution in [1.29, 1.82) is 0 Å². The number of piperidine rings is 1. The maximum atomic E-state index is 12.8. The third-order valence-corrected chi connectivity index (χ3v) is 4.41. The molecule has 7 nitrogen and oxygen atoms in total. The minimum atomic E-state index is -0.164. The summed E-state index contributed by atoms with van der Waals surface area (Å²) < 4.78 is 16.8. The number of aromatic nitrogens is 2. The lowest BCUT2D eigenvalue weighted by molar-refractivity contribution is 0.0494. The van der Waals surface area contributed by atoms with Crippen molar-refractivity contribution in [3.63, 3.8) is 0 Å². The second kappa shape index (κ2) is 7.03. The van der Waals surface area contributed by atoms with Gasteiger partial charge in [-0.2, -0.15) is 0 Å². The summed E-state index contributed by atoms with van der Waals surface area (Å²) >= 11 is 0. The number of carbonyl (C=O) groups is 1. The van der Waals surface area contributed by atoms with Crippen molar-refractivity contribution in [1.82, 2.24) is 14.9 Å². The lowest BCUT2D eigenvalue weighted by atomic mass is 10.1. The van der Waals surface area contributed by atoms with Crippen LogP contribution in [0.5, 0.6) is 11.8 Å². The van der Waals surface area contributed by atoms with Crippen molar-refractivity contribution in [3.05, 3.63) is 48.5 Å². The normalized spacial score (nSPS) is 17.3. The van der Waals surface area contributed by atoms with E-state index in [2.05, 4.69) is 9.97 Å². The first-order valence-electron chi connectivity index (χ1n) is 8.54. The molecule has 0 saturated carbocycles. The van der Waals surface area contributed by atoms with Gasteiger partial charge in [-0.15, -0.1) is 0 Å². The fourth-order valence-electron chi connectivity index (χ4n) is 3.15. The molecule has 0 N–H and O–H groups in total. The number of rotatable bonds is 4. The van der Waals surface area contributed by atoms with E-state index < -0.39 is 0 Å². The average molecular weight is 353 g/mol. The molecule has 1 unspecified atom stereocenters. The summed E-state index contributed by atoms with van der Waals surface area (Å²) in [6.45, 7) is 1.14. The Morgan fingerprint density at radius 1 is 1.23 bits per heavy atom. The SMILES string of the molecule is COc1nccnc1OC1CCCN(C(=O)c2cc3ccccc3o2)C1. The van der Waals surface area contributed by atoms with Crippen LogP contribution >= 0.6 is 0 Å². The highest BCUT2D eigenvalue weighted by Crippen LogP contribution is 2.25. The first-order chi connectivity index (χ1) is 12.7. The molecule has 1 amide bonds. The first-order valence-corrected chi connectivity index (χ1v) is 8.54. The molecule has 1 atom stereocenters. The van der Waals surface area contributed by atoms with Crippen LogP contribution in [0.2, 0.25) is 0 Å². The molecule has 134 valence electrons. The second-order valence-corrected chi connectivity index (χ2v) is 6.15. The van der Waals surface area contributed by atoms with Crippen LogP contribution in [-0.2, 0) is 0 Å². The third-order valence-electron chi connectivity index (χ3n) is 4.41. The minimum Gasteiger partial charge on any atom is -0.477 e. The number of hydrogen-bond acceptors (Lipinski definition) is 6. The molecular formula is C19H19N3O4. The summed E-state index contributed by atoms with van der Waals surface area (Å²) in [6, 6.07) is 9.38. The van der Waals surface area contributed by atoms with Crippen LogP contribution in [0.1, 0.15) is 23.4 Å². The van der Waals surface area contributed by atoms with Gasteiger partial charge < -0.3 is 18.8 Å². The Bertz CT molecular complexity index is 891. The van der Waals surface area contributed by atoms with E-state index in [1.807, 2.05) is 24.3 Å². The van der Waals surface area contributed by atoms with Gasteiger partial charge in [0.1, 0.15) is 11.7 Å². The number of nitrogens with zero attached hydrogens (tertiary/aromatic N) is 3. The lowest BCUT2D eigenvalue weighted by Crippen LogP contribution is -2.44. The summed E-state index contributed by atoms with van der Waals surface area (Å²) in [5.41, 5.74) is 0.713. The van der Waals surface area contributed by atoms with E-state index in [1.165, 1.54) is 7.11 Å². The molecule has 0 radical (unpaired) electrons. The van der Waals surface area contributed by atoms with Crippen LogP contribution in [-0.4, -0.2) is 47.1 Å². The van der Waals surface area contributed by atoms with Crippen LogP contribution < -0.4 is 9.47 Å². The summed E-state index contributed by atoms with van der Waals surface area (Å²) in [5, 5.41) is 0.921. The number of ether oxygens (including phenoxy) is 2. The van der Waals surface area contributed by atoms with E-state index in [4.69, 9.17) is 13.9 Å². The summed E-state index contributed by atoms with van der Waals surface area (Å²) in [4.78, 5) is 22.8. The second-order valence-electron chi connectivity index (χ2n) is 6.15. The largest absolute Gasteiger partial charge is 0.477 e. The Hall–Kier alpha value is -3.09. The summed E-state index contributed by atoms with van der Waals surface area (Å²) in [7, 11) is 1.52. The number of benzene rings is 1. The molecule has 1 aliphatic heterocycles. The zero-order valence-corrected chi connectivity index (χ0v) is 14.4. The van der Waals surface area contributed by atoms with Crippen molar-refractivity contribution >= 4 is 16.9 Å². The van der Waals surface area contributed by atoms with Crippen molar-refractivity contribution in [2.24, 2.45) is 0 Å². The highest BCUT2D eigenvalue weighted by Gasteiger charge is 2.28. The summed E-state index contributed by atoms with van der Waals surface area (Å²) in [6.07, 6.45) is 4.62. The highest BCUT2D eigenvalue weighted by atomic mass is 16.5. The van der Waals surface area contributed by atoms with Gasteiger partial charge in [0.15, 0.2) is 5.76 Å². The standard InChI is InChI=1S/C19H19N3O4/c1-24-17-18(21-9-8-20-17)25-14-6-4-10-22(12-14)19(23)16-11-13-5-2-3-7-15(13)26-16/h2-3,5,7-9,11,14H,4,6,10,12H2,1H3. The Labute approximate surface area is 150 Å². The van der Waals surface area contributed by atoms with Crippen LogP contribution in [0.15, 0.2) is 47.1 Å². The number of hydrogen-bond donors (Lipinski definition) is 0. The fourth-order valence-corrected chi connectivity index (χ4v) is 3.15. The molecule has 7 heteroatoms. The Morgan fingerprint density at radius 3 is 2.85 bits per heavy atom. The van der Waals surface area contributed by atoms with Gasteiger partial charge in [-0.1, -0.05) is 18.2 Å².